The molecule has 0 bridgehead atoms. The van der Waals surface area contributed by atoms with Gasteiger partial charge in [-0.3, -0.25) is 5.32 Å². The number of amides is 1. The Morgan fingerprint density at radius 2 is 2.07 bits per heavy atom. The van der Waals surface area contributed by atoms with Crippen molar-refractivity contribution in [2.45, 2.75) is 26.4 Å². The van der Waals surface area contributed by atoms with E-state index in [0.717, 1.165) is 5.56 Å². The summed E-state index contributed by atoms with van der Waals surface area (Å²) >= 11 is 0. The van der Waals surface area contributed by atoms with Gasteiger partial charge in [-0.15, -0.1) is 0 Å². The van der Waals surface area contributed by atoms with E-state index in [4.69, 9.17) is 4.74 Å². The fourth-order valence-electron chi connectivity index (χ4n) is 1.07. The van der Waals surface area contributed by atoms with Crippen molar-refractivity contribution in [2.75, 3.05) is 5.32 Å². The molecule has 15 heavy (non-hydrogen) atoms. The minimum Gasteiger partial charge on any atom is -0.444 e. The average Bonchev–Trinajstić information content (AvgIpc) is 1.99. The molecule has 1 aromatic carbocycles. The molecule has 0 aliphatic heterocycles. The average molecular weight is 206 g/mol. The number of anilines is 1. The van der Waals surface area contributed by atoms with Gasteiger partial charge in [0.25, 0.3) is 0 Å². The van der Waals surface area contributed by atoms with Crippen LogP contribution in [0.4, 0.5) is 10.5 Å². The van der Waals surface area contributed by atoms with Gasteiger partial charge in [-0.2, -0.15) is 0 Å². The summed E-state index contributed by atoms with van der Waals surface area (Å²) in [7, 11) is 0. The van der Waals surface area contributed by atoms with Crippen molar-refractivity contribution < 1.29 is 9.53 Å². The van der Waals surface area contributed by atoms with Crippen LogP contribution >= 0.6 is 0 Å². The van der Waals surface area contributed by atoms with Crippen LogP contribution in [0.2, 0.25) is 0 Å². The maximum absolute atomic E-state index is 11.4. The maximum Gasteiger partial charge on any atom is 0.412 e. The molecule has 1 N–H and O–H groups in total. The van der Waals surface area contributed by atoms with Gasteiger partial charge in [0, 0.05) is 5.69 Å². The molecular weight excluding hydrogens is 190 g/mol. The zero-order valence-electron chi connectivity index (χ0n) is 9.33. The van der Waals surface area contributed by atoms with Gasteiger partial charge in [-0.1, -0.05) is 12.1 Å². The van der Waals surface area contributed by atoms with Gasteiger partial charge in [0.15, 0.2) is 0 Å². The number of ether oxygens (including phenoxy) is 1. The minimum atomic E-state index is -0.480. The number of carbonyl (C=O) groups is 1. The van der Waals surface area contributed by atoms with Crippen molar-refractivity contribution in [1.82, 2.24) is 0 Å². The van der Waals surface area contributed by atoms with Crippen LogP contribution in [-0.2, 0) is 4.74 Å². The van der Waals surface area contributed by atoms with E-state index in [1.165, 1.54) is 0 Å². The van der Waals surface area contributed by atoms with Gasteiger partial charge in [-0.25, -0.2) is 4.79 Å². The lowest BCUT2D eigenvalue weighted by Crippen LogP contribution is -2.27. The second-order valence-electron chi connectivity index (χ2n) is 4.33. The molecule has 3 heteroatoms. The van der Waals surface area contributed by atoms with Crippen LogP contribution in [0.1, 0.15) is 26.3 Å². The summed E-state index contributed by atoms with van der Waals surface area (Å²) in [6.07, 6.45) is -0.451. The van der Waals surface area contributed by atoms with Crippen LogP contribution in [0.3, 0.4) is 0 Å². The molecule has 1 radical (unpaired) electrons. The number of hydrogen-bond donors (Lipinski definition) is 1. The molecule has 0 atom stereocenters. The summed E-state index contributed by atoms with van der Waals surface area (Å²) in [5, 5.41) is 2.64. The third-order valence-corrected chi connectivity index (χ3v) is 1.57. The highest BCUT2D eigenvalue weighted by Crippen LogP contribution is 2.12. The summed E-state index contributed by atoms with van der Waals surface area (Å²) in [4.78, 5) is 11.4. The van der Waals surface area contributed by atoms with Gasteiger partial charge in [0.2, 0.25) is 0 Å². The van der Waals surface area contributed by atoms with E-state index in [1.807, 2.05) is 32.9 Å². The lowest BCUT2D eigenvalue weighted by molar-refractivity contribution is 0.0636. The van der Waals surface area contributed by atoms with Crippen molar-refractivity contribution in [3.05, 3.63) is 36.8 Å². The largest absolute Gasteiger partial charge is 0.444 e. The van der Waals surface area contributed by atoms with E-state index in [1.54, 1.807) is 12.1 Å². The number of rotatable bonds is 1. The van der Waals surface area contributed by atoms with E-state index in [9.17, 15) is 4.79 Å². The van der Waals surface area contributed by atoms with Crippen LogP contribution in [0.25, 0.3) is 0 Å². The molecule has 1 aromatic rings. The van der Waals surface area contributed by atoms with E-state index in [0.29, 0.717) is 5.69 Å². The first-order valence-electron chi connectivity index (χ1n) is 4.79. The van der Waals surface area contributed by atoms with Crippen molar-refractivity contribution in [3.8, 4) is 0 Å². The number of benzene rings is 1. The molecule has 1 rings (SSSR count). The maximum atomic E-state index is 11.4. The van der Waals surface area contributed by atoms with Crippen LogP contribution in [-0.4, -0.2) is 11.7 Å². The predicted octanol–water partition coefficient (Wildman–Crippen LogP) is 3.22. The zero-order valence-corrected chi connectivity index (χ0v) is 9.33. The Hall–Kier alpha value is -1.51. The topological polar surface area (TPSA) is 38.3 Å². The predicted molar refractivity (Wildman–Crippen MR) is 60.8 cm³/mol. The Kier molecular flexibility index (Phi) is 3.35. The first-order chi connectivity index (χ1) is 6.87. The molecule has 1 amide bonds. The highest BCUT2D eigenvalue weighted by atomic mass is 16.6. The molecular formula is C12H16NO2. The lowest BCUT2D eigenvalue weighted by atomic mass is 10.2. The third kappa shape index (κ3) is 4.49. The molecule has 0 saturated carbocycles. The molecule has 0 aliphatic carbocycles. The molecule has 0 aliphatic rings. The van der Waals surface area contributed by atoms with E-state index < -0.39 is 11.7 Å². The Balaban J connectivity index is 2.59. The first kappa shape index (κ1) is 11.6. The van der Waals surface area contributed by atoms with Crippen LogP contribution < -0.4 is 5.32 Å². The summed E-state index contributed by atoms with van der Waals surface area (Å²) < 4.78 is 5.11. The quantitative estimate of drug-likeness (QED) is 0.766. The van der Waals surface area contributed by atoms with Crippen LogP contribution in [0.15, 0.2) is 24.3 Å². The Morgan fingerprint density at radius 1 is 1.40 bits per heavy atom. The minimum absolute atomic E-state index is 0.451. The van der Waals surface area contributed by atoms with Gasteiger partial charge in [-0.05, 0) is 45.4 Å². The highest BCUT2D eigenvalue weighted by Gasteiger charge is 2.15. The first-order valence-corrected chi connectivity index (χ1v) is 4.79. The fourth-order valence-corrected chi connectivity index (χ4v) is 1.07. The number of carbonyl (C=O) groups excluding carboxylic acids is 1. The summed E-state index contributed by atoms with van der Waals surface area (Å²) in [6, 6.07) is 7.26. The van der Waals surface area contributed by atoms with Crippen molar-refractivity contribution in [3.63, 3.8) is 0 Å². The number of hydrogen-bond acceptors (Lipinski definition) is 2. The van der Waals surface area contributed by atoms with Gasteiger partial charge in [0.05, 0.1) is 0 Å². The van der Waals surface area contributed by atoms with Crippen LogP contribution in [0.5, 0.6) is 0 Å². The third-order valence-electron chi connectivity index (χ3n) is 1.57. The lowest BCUT2D eigenvalue weighted by Gasteiger charge is -2.19. The van der Waals surface area contributed by atoms with Crippen molar-refractivity contribution >= 4 is 11.8 Å². The Bertz CT molecular complexity index is 353. The molecule has 0 unspecified atom stereocenters. The van der Waals surface area contributed by atoms with Crippen molar-refractivity contribution in [1.29, 1.82) is 0 Å². The molecule has 0 heterocycles. The van der Waals surface area contributed by atoms with E-state index in [2.05, 4.69) is 12.2 Å². The second kappa shape index (κ2) is 4.34. The molecule has 81 valence electrons. The molecule has 3 nitrogen and oxygen atoms in total. The zero-order chi connectivity index (χ0) is 11.5. The van der Waals surface area contributed by atoms with Gasteiger partial charge < -0.3 is 4.74 Å². The summed E-state index contributed by atoms with van der Waals surface area (Å²) in [5.74, 6) is 0. The molecule has 0 spiro atoms. The van der Waals surface area contributed by atoms with Crippen LogP contribution in [0, 0.1) is 6.92 Å². The van der Waals surface area contributed by atoms with Gasteiger partial charge >= 0.3 is 6.09 Å². The van der Waals surface area contributed by atoms with Gasteiger partial charge in [0.1, 0.15) is 5.60 Å². The molecule has 0 fully saturated rings. The normalized spacial score (nSPS) is 10.9. The van der Waals surface area contributed by atoms with E-state index >= 15 is 0 Å². The smallest absolute Gasteiger partial charge is 0.412 e. The SMILES string of the molecule is [CH2]c1cccc(NC(=O)OC(C)(C)C)c1. The molecule has 0 aromatic heterocycles. The highest BCUT2D eigenvalue weighted by molar-refractivity contribution is 5.84. The second-order valence-corrected chi connectivity index (χ2v) is 4.33. The monoisotopic (exact) mass is 206 g/mol. The Morgan fingerprint density at radius 3 is 2.60 bits per heavy atom. The number of nitrogens with one attached hydrogen (secondary N) is 1. The summed E-state index contributed by atoms with van der Waals surface area (Å²) in [5.41, 5.74) is 1.06. The van der Waals surface area contributed by atoms with E-state index in [-0.39, 0.29) is 0 Å². The summed E-state index contributed by atoms with van der Waals surface area (Å²) in [6.45, 7) is 9.24. The van der Waals surface area contributed by atoms with Crippen molar-refractivity contribution in [2.24, 2.45) is 0 Å². The molecule has 0 saturated heterocycles. The fraction of sp³-hybridized carbons (Fsp3) is 0.333. The standard InChI is InChI=1S/C12H16NO2/c1-9-6-5-7-10(8-9)13-11(14)15-12(2,3)4/h5-8H,1H2,2-4H3,(H,13,14). The Labute approximate surface area is 90.4 Å².